The lowest BCUT2D eigenvalue weighted by Gasteiger charge is -2.20. The summed E-state index contributed by atoms with van der Waals surface area (Å²) in [6.45, 7) is 8.57. The van der Waals surface area contributed by atoms with E-state index in [0.29, 0.717) is 12.1 Å². The zero-order valence-corrected chi connectivity index (χ0v) is 11.0. The van der Waals surface area contributed by atoms with Crippen molar-refractivity contribution in [2.24, 2.45) is 5.92 Å². The van der Waals surface area contributed by atoms with Crippen molar-refractivity contribution in [3.8, 4) is 0 Å². The lowest BCUT2D eigenvalue weighted by molar-refractivity contribution is -0.123. The predicted octanol–water partition coefficient (Wildman–Crippen LogP) is 2.07. The number of amides is 1. The monoisotopic (exact) mass is 226 g/mol. The lowest BCUT2D eigenvalue weighted by atomic mass is 10.0. The second kappa shape index (κ2) is 6.24. The molecule has 0 aromatic rings. The number of rotatable bonds is 7. The van der Waals surface area contributed by atoms with Gasteiger partial charge in [-0.1, -0.05) is 13.8 Å². The first-order chi connectivity index (χ1) is 7.49. The van der Waals surface area contributed by atoms with E-state index in [4.69, 9.17) is 0 Å². The van der Waals surface area contributed by atoms with Gasteiger partial charge in [-0.2, -0.15) is 0 Å². The summed E-state index contributed by atoms with van der Waals surface area (Å²) in [7, 11) is 0. The molecule has 1 fully saturated rings. The fourth-order valence-corrected chi connectivity index (χ4v) is 1.72. The molecule has 16 heavy (non-hydrogen) atoms. The van der Waals surface area contributed by atoms with Crippen LogP contribution in [-0.4, -0.2) is 24.0 Å². The summed E-state index contributed by atoms with van der Waals surface area (Å²) in [5.41, 5.74) is 0. The number of hydrogen-bond acceptors (Lipinski definition) is 2. The maximum atomic E-state index is 11.7. The van der Waals surface area contributed by atoms with E-state index in [2.05, 4.69) is 31.4 Å². The molecule has 0 aromatic heterocycles. The Kier molecular flexibility index (Phi) is 5.26. The predicted molar refractivity (Wildman–Crippen MR) is 67.3 cm³/mol. The van der Waals surface area contributed by atoms with Crippen LogP contribution in [0.2, 0.25) is 0 Å². The summed E-state index contributed by atoms with van der Waals surface area (Å²) in [5.74, 6) is 0.888. The van der Waals surface area contributed by atoms with Crippen LogP contribution >= 0.6 is 0 Å². The Hall–Kier alpha value is -0.570. The highest BCUT2D eigenvalue weighted by molar-refractivity contribution is 5.81. The first kappa shape index (κ1) is 13.5. The molecule has 2 N–H and O–H groups in total. The largest absolute Gasteiger partial charge is 0.352 e. The molecule has 0 heterocycles. The third-order valence-electron chi connectivity index (χ3n) is 3.03. The molecular weight excluding hydrogens is 200 g/mol. The normalized spacial score (nSPS) is 19.6. The average Bonchev–Trinajstić information content (AvgIpc) is 2.98. The van der Waals surface area contributed by atoms with E-state index < -0.39 is 0 Å². The SMILES string of the molecule is CC(C)CCC(C)NC(C)C(=O)NC1CC1. The van der Waals surface area contributed by atoms with Crippen molar-refractivity contribution in [2.45, 2.75) is 71.5 Å². The van der Waals surface area contributed by atoms with Gasteiger partial charge in [0.25, 0.3) is 0 Å². The minimum atomic E-state index is -0.0669. The molecule has 1 rings (SSSR count). The minimum absolute atomic E-state index is 0.0669. The van der Waals surface area contributed by atoms with Crippen molar-refractivity contribution >= 4 is 5.91 Å². The number of nitrogens with one attached hydrogen (secondary N) is 2. The van der Waals surface area contributed by atoms with Crippen LogP contribution in [0.1, 0.15) is 53.4 Å². The van der Waals surface area contributed by atoms with E-state index in [1.807, 2.05) is 6.92 Å². The molecule has 0 saturated heterocycles. The van der Waals surface area contributed by atoms with Crippen LogP contribution in [0.4, 0.5) is 0 Å². The third kappa shape index (κ3) is 5.50. The van der Waals surface area contributed by atoms with Gasteiger partial charge in [0.15, 0.2) is 0 Å². The molecular formula is C13H26N2O. The molecule has 2 atom stereocenters. The molecule has 94 valence electrons. The molecule has 3 nitrogen and oxygen atoms in total. The van der Waals surface area contributed by atoms with Crippen molar-refractivity contribution in [1.29, 1.82) is 0 Å². The smallest absolute Gasteiger partial charge is 0.237 e. The van der Waals surface area contributed by atoms with Crippen LogP contribution in [0.15, 0.2) is 0 Å². The fraction of sp³-hybridized carbons (Fsp3) is 0.923. The highest BCUT2D eigenvalue weighted by Gasteiger charge is 2.25. The first-order valence-corrected chi connectivity index (χ1v) is 6.55. The Morgan fingerprint density at radius 3 is 2.31 bits per heavy atom. The standard InChI is InChI=1S/C13H26N2O/c1-9(2)5-6-10(3)14-11(4)13(16)15-12-7-8-12/h9-12,14H,5-8H2,1-4H3,(H,15,16). The summed E-state index contributed by atoms with van der Waals surface area (Å²) in [6.07, 6.45) is 4.66. The van der Waals surface area contributed by atoms with Crippen molar-refractivity contribution in [3.63, 3.8) is 0 Å². The topological polar surface area (TPSA) is 41.1 Å². The molecule has 1 aliphatic rings. The van der Waals surface area contributed by atoms with Gasteiger partial charge in [-0.05, 0) is 45.4 Å². The summed E-state index contributed by atoms with van der Waals surface area (Å²) in [6, 6.07) is 0.813. The van der Waals surface area contributed by atoms with E-state index >= 15 is 0 Å². The van der Waals surface area contributed by atoms with Gasteiger partial charge in [0.1, 0.15) is 0 Å². The minimum Gasteiger partial charge on any atom is -0.352 e. The molecule has 1 amide bonds. The molecule has 0 aromatic carbocycles. The highest BCUT2D eigenvalue weighted by Crippen LogP contribution is 2.18. The molecule has 0 spiro atoms. The maximum absolute atomic E-state index is 11.7. The number of carbonyl (C=O) groups excluding carboxylic acids is 1. The quantitative estimate of drug-likeness (QED) is 0.698. The van der Waals surface area contributed by atoms with E-state index in [1.54, 1.807) is 0 Å². The Bertz CT molecular complexity index is 224. The zero-order valence-electron chi connectivity index (χ0n) is 11.0. The average molecular weight is 226 g/mol. The Labute approximate surface area is 99.4 Å². The summed E-state index contributed by atoms with van der Waals surface area (Å²) < 4.78 is 0. The summed E-state index contributed by atoms with van der Waals surface area (Å²) >= 11 is 0. The van der Waals surface area contributed by atoms with Gasteiger partial charge in [-0.15, -0.1) is 0 Å². The van der Waals surface area contributed by atoms with Gasteiger partial charge in [0.05, 0.1) is 6.04 Å². The first-order valence-electron chi connectivity index (χ1n) is 6.55. The van der Waals surface area contributed by atoms with Crippen molar-refractivity contribution in [2.75, 3.05) is 0 Å². The Morgan fingerprint density at radius 2 is 1.81 bits per heavy atom. The van der Waals surface area contributed by atoms with Gasteiger partial charge in [-0.25, -0.2) is 0 Å². The van der Waals surface area contributed by atoms with Crippen molar-refractivity contribution in [1.82, 2.24) is 10.6 Å². The molecule has 0 aliphatic heterocycles. The number of hydrogen-bond donors (Lipinski definition) is 2. The van der Waals surface area contributed by atoms with E-state index in [0.717, 1.165) is 25.2 Å². The molecule has 1 aliphatic carbocycles. The third-order valence-corrected chi connectivity index (χ3v) is 3.03. The van der Waals surface area contributed by atoms with E-state index in [9.17, 15) is 4.79 Å². The van der Waals surface area contributed by atoms with Gasteiger partial charge in [0, 0.05) is 12.1 Å². The van der Waals surface area contributed by atoms with Crippen molar-refractivity contribution in [3.05, 3.63) is 0 Å². The van der Waals surface area contributed by atoms with Gasteiger partial charge < -0.3 is 10.6 Å². The molecule has 1 saturated carbocycles. The van der Waals surface area contributed by atoms with E-state index in [1.165, 1.54) is 6.42 Å². The lowest BCUT2D eigenvalue weighted by Crippen LogP contribution is -2.46. The van der Waals surface area contributed by atoms with E-state index in [-0.39, 0.29) is 11.9 Å². The second-order valence-electron chi connectivity index (χ2n) is 5.54. The van der Waals surface area contributed by atoms with Gasteiger partial charge >= 0.3 is 0 Å². The fourth-order valence-electron chi connectivity index (χ4n) is 1.72. The molecule has 3 heteroatoms. The van der Waals surface area contributed by atoms with Gasteiger partial charge in [0.2, 0.25) is 5.91 Å². The molecule has 2 unspecified atom stereocenters. The van der Waals surface area contributed by atoms with Crippen LogP contribution in [0.25, 0.3) is 0 Å². The second-order valence-corrected chi connectivity index (χ2v) is 5.54. The molecule has 0 bridgehead atoms. The Morgan fingerprint density at radius 1 is 1.19 bits per heavy atom. The highest BCUT2D eigenvalue weighted by atomic mass is 16.2. The van der Waals surface area contributed by atoms with Crippen molar-refractivity contribution < 1.29 is 4.79 Å². The summed E-state index contributed by atoms with van der Waals surface area (Å²) in [5, 5.41) is 6.38. The Balaban J connectivity index is 2.15. The maximum Gasteiger partial charge on any atom is 0.237 e. The zero-order chi connectivity index (χ0) is 12.1. The van der Waals surface area contributed by atoms with Crippen LogP contribution < -0.4 is 10.6 Å². The van der Waals surface area contributed by atoms with Crippen LogP contribution in [0.5, 0.6) is 0 Å². The van der Waals surface area contributed by atoms with Crippen LogP contribution in [0.3, 0.4) is 0 Å². The van der Waals surface area contributed by atoms with Crippen LogP contribution in [0, 0.1) is 5.92 Å². The summed E-state index contributed by atoms with van der Waals surface area (Å²) in [4.78, 5) is 11.7. The molecule has 0 radical (unpaired) electrons. The number of carbonyl (C=O) groups is 1. The van der Waals surface area contributed by atoms with Gasteiger partial charge in [-0.3, -0.25) is 4.79 Å². The van der Waals surface area contributed by atoms with Crippen LogP contribution in [-0.2, 0) is 4.79 Å².